The largest absolute Gasteiger partial charge is 0.508 e. The minimum Gasteiger partial charge on any atom is -0.508 e. The molecule has 4 aromatic rings. The first-order chi connectivity index (χ1) is 11.1. The number of aromatic hydroxyl groups is 1. The van der Waals surface area contributed by atoms with Crippen LogP contribution in [0.3, 0.4) is 0 Å². The van der Waals surface area contributed by atoms with Crippen molar-refractivity contribution in [3.05, 3.63) is 59.9 Å². The van der Waals surface area contributed by atoms with Gasteiger partial charge in [0, 0.05) is 29.4 Å². The summed E-state index contributed by atoms with van der Waals surface area (Å²) in [6.45, 7) is 2.00. The predicted octanol–water partition coefficient (Wildman–Crippen LogP) is 3.08. The van der Waals surface area contributed by atoms with Gasteiger partial charge in [0.2, 0.25) is 0 Å². The van der Waals surface area contributed by atoms with E-state index in [0.29, 0.717) is 16.9 Å². The van der Waals surface area contributed by atoms with Crippen LogP contribution in [-0.2, 0) is 0 Å². The van der Waals surface area contributed by atoms with Crippen LogP contribution in [0.5, 0.6) is 5.75 Å². The van der Waals surface area contributed by atoms with E-state index >= 15 is 0 Å². The number of carbonyl (C=O) groups is 1. The Hall–Kier alpha value is -3.28. The fourth-order valence-corrected chi connectivity index (χ4v) is 2.69. The highest BCUT2D eigenvalue weighted by Gasteiger charge is 2.13. The number of anilines is 1. The molecule has 0 aliphatic rings. The van der Waals surface area contributed by atoms with E-state index in [0.717, 1.165) is 16.5 Å². The summed E-state index contributed by atoms with van der Waals surface area (Å²) in [6.07, 6.45) is 3.70. The number of aromatic amines is 1. The summed E-state index contributed by atoms with van der Waals surface area (Å²) >= 11 is 0. The lowest BCUT2D eigenvalue weighted by Crippen LogP contribution is -2.11. The van der Waals surface area contributed by atoms with Gasteiger partial charge in [-0.05, 0) is 36.8 Å². The molecule has 3 N–H and O–H groups in total. The zero-order chi connectivity index (χ0) is 16.0. The Morgan fingerprint density at radius 1 is 1.30 bits per heavy atom. The number of phenolic OH excluding ortho intramolecular Hbond substituents is 1. The summed E-state index contributed by atoms with van der Waals surface area (Å²) in [6, 6.07) is 10.6. The Balaban J connectivity index is 1.69. The van der Waals surface area contributed by atoms with Gasteiger partial charge in [-0.15, -0.1) is 0 Å². The summed E-state index contributed by atoms with van der Waals surface area (Å²) in [5, 5.41) is 19.9. The molecular formula is C17H14N4O2. The number of hydrogen-bond donors (Lipinski definition) is 3. The number of pyridine rings is 1. The smallest absolute Gasteiger partial charge is 0.258 e. The molecule has 0 spiro atoms. The van der Waals surface area contributed by atoms with E-state index in [2.05, 4.69) is 15.5 Å². The van der Waals surface area contributed by atoms with Gasteiger partial charge in [-0.2, -0.15) is 5.10 Å². The Bertz CT molecular complexity index is 1050. The summed E-state index contributed by atoms with van der Waals surface area (Å²) in [5.41, 5.74) is 3.33. The van der Waals surface area contributed by atoms with Crippen molar-refractivity contribution in [2.75, 3.05) is 5.32 Å². The molecule has 0 saturated heterocycles. The van der Waals surface area contributed by atoms with Crippen LogP contribution in [0.15, 0.2) is 48.8 Å². The summed E-state index contributed by atoms with van der Waals surface area (Å²) in [4.78, 5) is 12.5. The molecule has 0 aliphatic carbocycles. The third-order valence-corrected chi connectivity index (χ3v) is 3.89. The number of amides is 1. The first-order valence-electron chi connectivity index (χ1n) is 7.17. The lowest BCUT2D eigenvalue weighted by molar-refractivity contribution is 0.102. The number of fused-ring (bicyclic) bond motifs is 2. The van der Waals surface area contributed by atoms with Crippen LogP contribution in [0, 0.1) is 6.92 Å². The normalized spacial score (nSPS) is 11.2. The van der Waals surface area contributed by atoms with E-state index in [1.54, 1.807) is 24.4 Å². The number of hydrogen-bond acceptors (Lipinski definition) is 3. The maximum atomic E-state index is 12.5. The number of H-pyrrole nitrogens is 1. The van der Waals surface area contributed by atoms with Gasteiger partial charge in [0.1, 0.15) is 5.75 Å². The lowest BCUT2D eigenvalue weighted by atomic mass is 10.2. The Morgan fingerprint density at radius 3 is 3.00 bits per heavy atom. The molecule has 114 valence electrons. The van der Waals surface area contributed by atoms with Gasteiger partial charge >= 0.3 is 0 Å². The molecule has 6 heteroatoms. The number of aryl methyl sites for hydroxylation is 1. The topological polar surface area (TPSA) is 82.4 Å². The number of phenols is 1. The van der Waals surface area contributed by atoms with Crippen LogP contribution in [0.2, 0.25) is 0 Å². The second kappa shape index (κ2) is 4.88. The van der Waals surface area contributed by atoms with Gasteiger partial charge in [0.15, 0.2) is 5.82 Å². The van der Waals surface area contributed by atoms with Gasteiger partial charge in [-0.3, -0.25) is 9.89 Å². The van der Waals surface area contributed by atoms with Crippen LogP contribution < -0.4 is 5.32 Å². The van der Waals surface area contributed by atoms with Crippen molar-refractivity contribution in [3.8, 4) is 5.75 Å². The van der Waals surface area contributed by atoms with Gasteiger partial charge in [0.25, 0.3) is 5.91 Å². The van der Waals surface area contributed by atoms with E-state index < -0.39 is 0 Å². The van der Waals surface area contributed by atoms with Gasteiger partial charge in [-0.1, -0.05) is 6.07 Å². The van der Waals surface area contributed by atoms with Gasteiger partial charge in [0.05, 0.1) is 11.1 Å². The molecule has 0 bridgehead atoms. The maximum absolute atomic E-state index is 12.5. The highest BCUT2D eigenvalue weighted by Crippen LogP contribution is 2.24. The second-order valence-electron chi connectivity index (χ2n) is 5.47. The quantitative estimate of drug-likeness (QED) is 0.532. The lowest BCUT2D eigenvalue weighted by Gasteiger charge is -2.00. The van der Waals surface area contributed by atoms with Crippen LogP contribution in [0.4, 0.5) is 5.82 Å². The van der Waals surface area contributed by atoms with E-state index in [-0.39, 0.29) is 11.7 Å². The zero-order valence-electron chi connectivity index (χ0n) is 12.4. The number of nitrogens with one attached hydrogen (secondary N) is 2. The van der Waals surface area contributed by atoms with Crippen LogP contribution in [0.25, 0.3) is 16.4 Å². The Kier molecular flexibility index (Phi) is 2.84. The molecule has 6 nitrogen and oxygen atoms in total. The van der Waals surface area contributed by atoms with E-state index in [1.807, 2.05) is 35.7 Å². The summed E-state index contributed by atoms with van der Waals surface area (Å²) in [7, 11) is 0. The van der Waals surface area contributed by atoms with Crippen molar-refractivity contribution in [1.82, 2.24) is 14.6 Å². The number of carbonyl (C=O) groups excluding carboxylic acids is 1. The third kappa shape index (κ3) is 2.20. The molecular weight excluding hydrogens is 292 g/mol. The molecule has 0 fully saturated rings. The molecule has 4 rings (SSSR count). The van der Waals surface area contributed by atoms with Gasteiger partial charge < -0.3 is 14.8 Å². The summed E-state index contributed by atoms with van der Waals surface area (Å²) in [5.74, 6) is 0.361. The first kappa shape index (κ1) is 13.4. The van der Waals surface area contributed by atoms with Crippen molar-refractivity contribution < 1.29 is 9.90 Å². The Morgan fingerprint density at radius 2 is 2.17 bits per heavy atom. The van der Waals surface area contributed by atoms with Crippen molar-refractivity contribution in [1.29, 1.82) is 0 Å². The number of rotatable bonds is 2. The molecule has 23 heavy (non-hydrogen) atoms. The van der Waals surface area contributed by atoms with Crippen molar-refractivity contribution in [2.24, 2.45) is 0 Å². The molecule has 3 aromatic heterocycles. The molecule has 0 saturated carbocycles. The number of aromatic nitrogens is 3. The highest BCUT2D eigenvalue weighted by molar-refractivity contribution is 6.08. The molecule has 1 aromatic carbocycles. The van der Waals surface area contributed by atoms with Crippen LogP contribution in [0.1, 0.15) is 15.9 Å². The average Bonchev–Trinajstić information content (AvgIpc) is 3.12. The van der Waals surface area contributed by atoms with Crippen molar-refractivity contribution in [3.63, 3.8) is 0 Å². The first-order valence-corrected chi connectivity index (χ1v) is 7.17. The maximum Gasteiger partial charge on any atom is 0.258 e. The SMILES string of the molecule is Cc1cccn2cc(C(=O)Nc3n[nH]c4cc(O)ccc34)cc12. The zero-order valence-corrected chi connectivity index (χ0v) is 12.4. The molecule has 1 amide bonds. The van der Waals surface area contributed by atoms with E-state index in [4.69, 9.17) is 0 Å². The molecule has 0 atom stereocenters. The number of benzene rings is 1. The molecule has 0 unspecified atom stereocenters. The third-order valence-electron chi connectivity index (χ3n) is 3.89. The van der Waals surface area contributed by atoms with Crippen molar-refractivity contribution in [2.45, 2.75) is 6.92 Å². The second-order valence-corrected chi connectivity index (χ2v) is 5.47. The molecule has 3 heterocycles. The van der Waals surface area contributed by atoms with Gasteiger partial charge in [-0.25, -0.2) is 0 Å². The highest BCUT2D eigenvalue weighted by atomic mass is 16.3. The minimum atomic E-state index is -0.227. The van der Waals surface area contributed by atoms with Crippen LogP contribution >= 0.6 is 0 Å². The monoisotopic (exact) mass is 306 g/mol. The molecule has 0 aliphatic heterocycles. The van der Waals surface area contributed by atoms with Crippen molar-refractivity contribution >= 4 is 28.1 Å². The summed E-state index contributed by atoms with van der Waals surface area (Å²) < 4.78 is 1.92. The fraction of sp³-hybridized carbons (Fsp3) is 0.0588. The number of nitrogens with zero attached hydrogens (tertiary/aromatic N) is 2. The standard InChI is InChI=1S/C17H14N4O2/c1-10-3-2-6-21-9-11(7-15(10)21)17(23)18-16-13-5-4-12(22)8-14(13)19-20-16/h2-9,22H,1H3,(H2,18,19,20,23). The Labute approximate surface area is 131 Å². The molecule has 0 radical (unpaired) electrons. The average molecular weight is 306 g/mol. The fourth-order valence-electron chi connectivity index (χ4n) is 2.69. The van der Waals surface area contributed by atoms with E-state index in [1.165, 1.54) is 0 Å². The van der Waals surface area contributed by atoms with E-state index in [9.17, 15) is 9.90 Å². The van der Waals surface area contributed by atoms with Crippen LogP contribution in [-0.4, -0.2) is 25.6 Å². The predicted molar refractivity (Wildman–Crippen MR) is 87.8 cm³/mol. The minimum absolute atomic E-state index is 0.146.